The average molecular weight is 481 g/mol. The number of hydrogen-bond acceptors (Lipinski definition) is 4. The molecule has 6 nitrogen and oxygen atoms in total. The molecule has 1 aromatic carbocycles. The van der Waals surface area contributed by atoms with Gasteiger partial charge in [-0.1, -0.05) is 37.3 Å². The van der Waals surface area contributed by atoms with Crippen molar-refractivity contribution in [2.24, 2.45) is 5.92 Å². The molecular formula is C24H33ClN2O4S. The molecular weight excluding hydrogens is 448 g/mol. The number of rotatable bonds is 4. The number of likely N-dealkylation sites (tertiary alicyclic amines) is 2. The van der Waals surface area contributed by atoms with Gasteiger partial charge in [0.05, 0.1) is 4.90 Å². The molecule has 0 bridgehead atoms. The maximum Gasteiger partial charge on any atom is 0.244 e. The van der Waals surface area contributed by atoms with E-state index in [9.17, 15) is 18.0 Å². The van der Waals surface area contributed by atoms with Gasteiger partial charge in [-0.2, -0.15) is 0 Å². The van der Waals surface area contributed by atoms with Crippen LogP contribution in [0.4, 0.5) is 0 Å². The molecule has 1 aromatic rings. The maximum absolute atomic E-state index is 13.7. The second-order valence-corrected chi connectivity index (χ2v) is 12.2. The topological polar surface area (TPSA) is 74.8 Å². The van der Waals surface area contributed by atoms with Gasteiger partial charge < -0.3 is 9.80 Å². The molecule has 3 fully saturated rings. The smallest absolute Gasteiger partial charge is 0.244 e. The largest absolute Gasteiger partial charge is 0.342 e. The SMILES string of the molecule is O=C(C1CCN(C(=O)C2(S(=O)(=O)c3ccc(Cl)cc3)CCCC2)CC1)N1CCCCCC1. The van der Waals surface area contributed by atoms with Gasteiger partial charge in [0.1, 0.15) is 0 Å². The lowest BCUT2D eigenvalue weighted by Gasteiger charge is -2.38. The Balaban J connectivity index is 1.47. The van der Waals surface area contributed by atoms with E-state index in [4.69, 9.17) is 11.6 Å². The van der Waals surface area contributed by atoms with Gasteiger partial charge in [-0.25, -0.2) is 8.42 Å². The number of benzene rings is 1. The summed E-state index contributed by atoms with van der Waals surface area (Å²) in [5, 5.41) is 0.465. The Morgan fingerprint density at radius 1 is 0.812 bits per heavy atom. The predicted molar refractivity (Wildman–Crippen MR) is 124 cm³/mol. The number of carbonyl (C=O) groups is 2. The minimum Gasteiger partial charge on any atom is -0.342 e. The Labute approximate surface area is 196 Å². The van der Waals surface area contributed by atoms with Crippen molar-refractivity contribution in [2.45, 2.75) is 73.9 Å². The van der Waals surface area contributed by atoms with Crippen LogP contribution in [-0.2, 0) is 19.4 Å². The van der Waals surface area contributed by atoms with E-state index in [1.54, 1.807) is 17.0 Å². The van der Waals surface area contributed by atoms with Crippen LogP contribution in [0.25, 0.3) is 0 Å². The van der Waals surface area contributed by atoms with E-state index >= 15 is 0 Å². The van der Waals surface area contributed by atoms with Gasteiger partial charge in [-0.15, -0.1) is 0 Å². The first-order valence-electron chi connectivity index (χ1n) is 11.9. The zero-order valence-electron chi connectivity index (χ0n) is 18.6. The highest BCUT2D eigenvalue weighted by molar-refractivity contribution is 7.93. The molecule has 2 saturated heterocycles. The summed E-state index contributed by atoms with van der Waals surface area (Å²) < 4.78 is 25.8. The van der Waals surface area contributed by atoms with Crippen molar-refractivity contribution in [3.63, 3.8) is 0 Å². The molecule has 0 atom stereocenters. The normalized spacial score (nSPS) is 22.5. The minimum absolute atomic E-state index is 0.0652. The molecule has 0 aromatic heterocycles. The second kappa shape index (κ2) is 9.72. The molecule has 3 aliphatic rings. The zero-order valence-corrected chi connectivity index (χ0v) is 20.2. The van der Waals surface area contributed by atoms with Crippen LogP contribution in [-0.4, -0.2) is 61.0 Å². The van der Waals surface area contributed by atoms with Gasteiger partial charge in [-0.05, 0) is 62.8 Å². The number of halogens is 1. The van der Waals surface area contributed by atoms with Crippen molar-refractivity contribution in [2.75, 3.05) is 26.2 Å². The fourth-order valence-corrected chi connectivity index (χ4v) is 7.81. The molecule has 0 spiro atoms. The highest BCUT2D eigenvalue weighted by Crippen LogP contribution is 2.42. The van der Waals surface area contributed by atoms with Crippen molar-refractivity contribution in [3.8, 4) is 0 Å². The van der Waals surface area contributed by atoms with Gasteiger partial charge in [0.2, 0.25) is 11.8 Å². The molecule has 32 heavy (non-hydrogen) atoms. The van der Waals surface area contributed by atoms with Gasteiger partial charge in [0, 0.05) is 37.1 Å². The van der Waals surface area contributed by atoms with Crippen LogP contribution in [0.1, 0.15) is 64.2 Å². The Hall–Kier alpha value is -1.60. The fraction of sp³-hybridized carbons (Fsp3) is 0.667. The van der Waals surface area contributed by atoms with Crippen LogP contribution >= 0.6 is 11.6 Å². The maximum atomic E-state index is 13.7. The third-order valence-electron chi connectivity index (χ3n) is 7.49. The van der Waals surface area contributed by atoms with E-state index in [0.717, 1.165) is 38.8 Å². The van der Waals surface area contributed by atoms with E-state index in [2.05, 4.69) is 0 Å². The number of sulfone groups is 1. The molecule has 1 aliphatic carbocycles. The minimum atomic E-state index is -3.84. The molecule has 1 saturated carbocycles. The third-order valence-corrected chi connectivity index (χ3v) is 10.2. The fourth-order valence-electron chi connectivity index (χ4n) is 5.55. The van der Waals surface area contributed by atoms with Crippen LogP contribution in [0.2, 0.25) is 5.02 Å². The molecule has 2 heterocycles. The van der Waals surface area contributed by atoms with Crippen molar-refractivity contribution in [1.29, 1.82) is 0 Å². The van der Waals surface area contributed by atoms with Crippen LogP contribution in [0.15, 0.2) is 29.2 Å². The Morgan fingerprint density at radius 2 is 1.38 bits per heavy atom. The molecule has 0 N–H and O–H groups in total. The Kier molecular flexibility index (Phi) is 7.15. The molecule has 0 radical (unpaired) electrons. The molecule has 176 valence electrons. The average Bonchev–Trinajstić information content (AvgIpc) is 3.16. The Morgan fingerprint density at radius 3 is 1.94 bits per heavy atom. The molecule has 4 rings (SSSR count). The van der Waals surface area contributed by atoms with Crippen molar-refractivity contribution < 1.29 is 18.0 Å². The van der Waals surface area contributed by atoms with E-state index in [1.165, 1.54) is 25.0 Å². The first kappa shape index (κ1) is 23.6. The summed E-state index contributed by atoms with van der Waals surface area (Å²) in [4.78, 5) is 30.5. The number of amides is 2. The van der Waals surface area contributed by atoms with E-state index in [0.29, 0.717) is 43.8 Å². The summed E-state index contributed by atoms with van der Waals surface area (Å²) in [6.07, 6.45) is 7.86. The summed E-state index contributed by atoms with van der Waals surface area (Å²) in [5.41, 5.74) is 0. The summed E-state index contributed by atoms with van der Waals surface area (Å²) in [6.45, 7) is 2.56. The lowest BCUT2D eigenvalue weighted by molar-refractivity contribution is -0.141. The monoisotopic (exact) mass is 480 g/mol. The summed E-state index contributed by atoms with van der Waals surface area (Å²) in [7, 11) is -3.84. The van der Waals surface area contributed by atoms with Crippen LogP contribution in [0.3, 0.4) is 0 Å². The lowest BCUT2D eigenvalue weighted by atomic mass is 9.93. The quantitative estimate of drug-likeness (QED) is 0.651. The lowest BCUT2D eigenvalue weighted by Crippen LogP contribution is -2.55. The summed E-state index contributed by atoms with van der Waals surface area (Å²) >= 11 is 5.94. The first-order chi connectivity index (χ1) is 15.3. The molecule has 8 heteroatoms. The first-order valence-corrected chi connectivity index (χ1v) is 13.8. The predicted octanol–water partition coefficient (Wildman–Crippen LogP) is 4.07. The number of nitrogens with zero attached hydrogens (tertiary/aromatic N) is 2. The van der Waals surface area contributed by atoms with Crippen LogP contribution in [0, 0.1) is 5.92 Å². The zero-order chi connectivity index (χ0) is 22.8. The summed E-state index contributed by atoms with van der Waals surface area (Å²) in [6, 6.07) is 6.11. The highest BCUT2D eigenvalue weighted by atomic mass is 35.5. The van der Waals surface area contributed by atoms with Crippen molar-refractivity contribution in [3.05, 3.63) is 29.3 Å². The summed E-state index contributed by atoms with van der Waals surface area (Å²) in [5.74, 6) is -0.140. The van der Waals surface area contributed by atoms with E-state index in [1.807, 2.05) is 4.90 Å². The van der Waals surface area contributed by atoms with Crippen molar-refractivity contribution in [1.82, 2.24) is 9.80 Å². The number of hydrogen-bond donors (Lipinski definition) is 0. The molecule has 2 amide bonds. The molecule has 2 aliphatic heterocycles. The van der Waals surface area contributed by atoms with Gasteiger partial charge in [-0.3, -0.25) is 9.59 Å². The standard InChI is InChI=1S/C24H33ClN2O4S/c25-20-7-9-21(10-8-20)32(30,31)24(13-3-4-14-24)23(29)27-17-11-19(12-18-27)22(28)26-15-5-1-2-6-16-26/h7-10,19H,1-6,11-18H2. The molecule has 0 unspecified atom stereocenters. The second-order valence-electron chi connectivity index (χ2n) is 9.46. The van der Waals surface area contributed by atoms with E-state index in [-0.39, 0.29) is 22.6 Å². The van der Waals surface area contributed by atoms with Gasteiger partial charge in [0.25, 0.3) is 0 Å². The van der Waals surface area contributed by atoms with Gasteiger partial charge >= 0.3 is 0 Å². The van der Waals surface area contributed by atoms with Crippen molar-refractivity contribution >= 4 is 33.3 Å². The van der Waals surface area contributed by atoms with Crippen LogP contribution in [0.5, 0.6) is 0 Å². The Bertz CT molecular complexity index is 925. The third kappa shape index (κ3) is 4.43. The number of piperidine rings is 1. The van der Waals surface area contributed by atoms with E-state index < -0.39 is 14.6 Å². The number of carbonyl (C=O) groups excluding carboxylic acids is 2. The van der Waals surface area contributed by atoms with Crippen LogP contribution < -0.4 is 0 Å². The highest BCUT2D eigenvalue weighted by Gasteiger charge is 2.54. The van der Waals surface area contributed by atoms with Gasteiger partial charge in [0.15, 0.2) is 14.6 Å².